The summed E-state index contributed by atoms with van der Waals surface area (Å²) in [6, 6.07) is 15.8. The predicted octanol–water partition coefficient (Wildman–Crippen LogP) is 4.10. The second kappa shape index (κ2) is 8.40. The van der Waals surface area contributed by atoms with Crippen LogP contribution < -0.4 is 0 Å². The molecule has 26 heavy (non-hydrogen) atoms. The first-order valence-electron chi connectivity index (χ1n) is 7.94. The van der Waals surface area contributed by atoms with Gasteiger partial charge in [-0.2, -0.15) is 4.98 Å². The number of nitrogens with zero attached hydrogens (tertiary/aromatic N) is 2. The van der Waals surface area contributed by atoms with Crippen LogP contribution in [0, 0.1) is 0 Å². The number of esters is 1. The first-order chi connectivity index (χ1) is 12.6. The van der Waals surface area contributed by atoms with Crippen LogP contribution in [0.4, 0.5) is 0 Å². The molecule has 132 valence electrons. The molecule has 0 unspecified atom stereocenters. The highest BCUT2D eigenvalue weighted by atomic mass is 35.5. The van der Waals surface area contributed by atoms with Gasteiger partial charge in [-0.05, 0) is 24.3 Å². The van der Waals surface area contributed by atoms with Crippen LogP contribution in [0.3, 0.4) is 0 Å². The Hall–Kier alpha value is -2.99. The minimum Gasteiger partial charge on any atom is -0.456 e. The normalized spacial score (nSPS) is 10.5. The Bertz CT molecular complexity index is 891. The van der Waals surface area contributed by atoms with Gasteiger partial charge in [0.1, 0.15) is 0 Å². The summed E-state index contributed by atoms with van der Waals surface area (Å²) in [4.78, 5) is 28.0. The smallest absolute Gasteiger partial charge is 0.306 e. The van der Waals surface area contributed by atoms with Crippen LogP contribution in [-0.4, -0.2) is 21.9 Å². The van der Waals surface area contributed by atoms with E-state index < -0.39 is 5.97 Å². The van der Waals surface area contributed by atoms with Crippen molar-refractivity contribution in [3.05, 3.63) is 71.1 Å². The molecule has 0 saturated heterocycles. The summed E-state index contributed by atoms with van der Waals surface area (Å²) in [7, 11) is 0. The molecule has 0 N–H and O–H groups in total. The van der Waals surface area contributed by atoms with Crippen LogP contribution in [0.25, 0.3) is 11.4 Å². The predicted molar refractivity (Wildman–Crippen MR) is 94.5 cm³/mol. The molecule has 3 rings (SSSR count). The van der Waals surface area contributed by atoms with Gasteiger partial charge in [-0.15, -0.1) is 0 Å². The van der Waals surface area contributed by atoms with Crippen LogP contribution in [0.2, 0.25) is 5.02 Å². The largest absolute Gasteiger partial charge is 0.456 e. The van der Waals surface area contributed by atoms with Gasteiger partial charge in [0.15, 0.2) is 12.4 Å². The van der Waals surface area contributed by atoms with Crippen molar-refractivity contribution in [2.45, 2.75) is 19.4 Å². The van der Waals surface area contributed by atoms with E-state index in [1.165, 1.54) is 0 Å². The summed E-state index contributed by atoms with van der Waals surface area (Å²) in [6.45, 7) is -0.131. The van der Waals surface area contributed by atoms with E-state index in [9.17, 15) is 9.59 Å². The second-order valence-corrected chi connectivity index (χ2v) is 5.90. The Labute approximate surface area is 154 Å². The summed E-state index contributed by atoms with van der Waals surface area (Å²) < 4.78 is 10.1. The van der Waals surface area contributed by atoms with Crippen LogP contribution in [0.15, 0.2) is 59.1 Å². The summed E-state index contributed by atoms with van der Waals surface area (Å²) in [6.07, 6.45) is 0.0285. The number of carbonyl (C=O) groups is 2. The third-order valence-corrected chi connectivity index (χ3v) is 3.83. The zero-order valence-corrected chi connectivity index (χ0v) is 14.5. The van der Waals surface area contributed by atoms with Crippen LogP contribution in [0.5, 0.6) is 0 Å². The zero-order chi connectivity index (χ0) is 18.4. The van der Waals surface area contributed by atoms with E-state index in [1.807, 2.05) is 30.3 Å². The molecule has 0 aliphatic carbocycles. The lowest BCUT2D eigenvalue weighted by Gasteiger charge is -2.02. The fourth-order valence-corrected chi connectivity index (χ4v) is 2.35. The lowest BCUT2D eigenvalue weighted by Crippen LogP contribution is -2.08. The number of aromatic nitrogens is 2. The molecule has 0 saturated carbocycles. The van der Waals surface area contributed by atoms with Crippen molar-refractivity contribution < 1.29 is 18.8 Å². The minimum atomic E-state index is -0.508. The van der Waals surface area contributed by atoms with Gasteiger partial charge in [-0.3, -0.25) is 9.59 Å². The van der Waals surface area contributed by atoms with E-state index in [-0.39, 0.29) is 31.1 Å². The highest BCUT2D eigenvalue weighted by molar-refractivity contribution is 6.30. The van der Waals surface area contributed by atoms with E-state index in [4.69, 9.17) is 20.9 Å². The van der Waals surface area contributed by atoms with E-state index in [2.05, 4.69) is 10.1 Å². The second-order valence-electron chi connectivity index (χ2n) is 5.47. The third-order valence-electron chi connectivity index (χ3n) is 3.58. The molecule has 1 aromatic heterocycles. The van der Waals surface area contributed by atoms with E-state index in [0.717, 1.165) is 5.56 Å². The number of halogens is 1. The molecule has 0 amide bonds. The zero-order valence-electron chi connectivity index (χ0n) is 13.7. The Morgan fingerprint density at radius 2 is 1.73 bits per heavy atom. The summed E-state index contributed by atoms with van der Waals surface area (Å²) >= 11 is 5.78. The third kappa shape index (κ3) is 4.77. The van der Waals surface area contributed by atoms with Gasteiger partial charge in [0.25, 0.3) is 5.89 Å². The van der Waals surface area contributed by atoms with E-state index in [0.29, 0.717) is 16.4 Å². The quantitative estimate of drug-likeness (QED) is 0.460. The van der Waals surface area contributed by atoms with Gasteiger partial charge >= 0.3 is 5.97 Å². The maximum Gasteiger partial charge on any atom is 0.306 e. The van der Waals surface area contributed by atoms with Gasteiger partial charge in [0.05, 0.1) is 6.42 Å². The summed E-state index contributed by atoms with van der Waals surface area (Å²) in [5.74, 6) is -0.0367. The highest BCUT2D eigenvalue weighted by Crippen LogP contribution is 2.15. The number of ketones is 1. The highest BCUT2D eigenvalue weighted by Gasteiger charge is 2.13. The SMILES string of the molecule is O=C(CCC(=O)c1ccc(Cl)cc1)OCc1nc(-c2ccccc2)no1. The first kappa shape index (κ1) is 17.8. The Kier molecular flexibility index (Phi) is 5.76. The fourth-order valence-electron chi connectivity index (χ4n) is 2.23. The molecule has 0 spiro atoms. The van der Waals surface area contributed by atoms with Crippen LogP contribution >= 0.6 is 11.6 Å². The monoisotopic (exact) mass is 370 g/mol. The van der Waals surface area contributed by atoms with Crippen molar-refractivity contribution in [1.82, 2.24) is 10.1 Å². The molecule has 0 radical (unpaired) electrons. The van der Waals surface area contributed by atoms with Crippen molar-refractivity contribution in [3.63, 3.8) is 0 Å². The van der Waals surface area contributed by atoms with E-state index in [1.54, 1.807) is 24.3 Å². The van der Waals surface area contributed by atoms with Crippen molar-refractivity contribution in [1.29, 1.82) is 0 Å². The number of benzene rings is 2. The Morgan fingerprint density at radius 3 is 2.46 bits per heavy atom. The molecule has 0 atom stereocenters. The lowest BCUT2D eigenvalue weighted by atomic mass is 10.1. The molecule has 3 aromatic rings. The summed E-state index contributed by atoms with van der Waals surface area (Å²) in [5, 5.41) is 4.39. The molecule has 0 bridgehead atoms. The molecular weight excluding hydrogens is 356 g/mol. The number of Topliss-reactive ketones (excluding diaryl/α,β-unsaturated/α-hetero) is 1. The van der Waals surface area contributed by atoms with Gasteiger partial charge in [0.2, 0.25) is 5.82 Å². The van der Waals surface area contributed by atoms with Gasteiger partial charge in [-0.25, -0.2) is 0 Å². The maximum atomic E-state index is 12.0. The van der Waals surface area contributed by atoms with Crippen LogP contribution in [0.1, 0.15) is 29.1 Å². The number of carbonyl (C=O) groups excluding carboxylic acids is 2. The molecule has 0 aliphatic heterocycles. The average Bonchev–Trinajstić information content (AvgIpc) is 3.15. The standard InChI is InChI=1S/C19H15ClN2O4/c20-15-8-6-13(7-9-15)16(23)10-11-18(24)25-12-17-21-19(22-26-17)14-4-2-1-3-5-14/h1-9H,10-12H2. The van der Waals surface area contributed by atoms with E-state index >= 15 is 0 Å². The Balaban J connectivity index is 1.46. The van der Waals surface area contributed by atoms with Gasteiger partial charge in [0, 0.05) is 22.6 Å². The van der Waals surface area contributed by atoms with Gasteiger partial charge in [-0.1, -0.05) is 47.1 Å². The molecule has 7 heteroatoms. The molecule has 0 aliphatic rings. The number of ether oxygens (including phenoxy) is 1. The molecular formula is C19H15ClN2O4. The lowest BCUT2D eigenvalue weighted by molar-refractivity contribution is -0.145. The number of hydrogen-bond donors (Lipinski definition) is 0. The Morgan fingerprint density at radius 1 is 1.00 bits per heavy atom. The van der Waals surface area contributed by atoms with Crippen molar-refractivity contribution in [3.8, 4) is 11.4 Å². The number of hydrogen-bond acceptors (Lipinski definition) is 6. The van der Waals surface area contributed by atoms with Crippen molar-refractivity contribution in [2.75, 3.05) is 0 Å². The summed E-state index contributed by atoms with van der Waals surface area (Å²) in [5.41, 5.74) is 1.31. The molecule has 6 nitrogen and oxygen atoms in total. The molecule has 1 heterocycles. The fraction of sp³-hybridized carbons (Fsp3) is 0.158. The van der Waals surface area contributed by atoms with Crippen molar-refractivity contribution >= 4 is 23.4 Å². The minimum absolute atomic E-state index is 0.0266. The maximum absolute atomic E-state index is 12.0. The van der Waals surface area contributed by atoms with Gasteiger partial charge < -0.3 is 9.26 Å². The topological polar surface area (TPSA) is 82.3 Å². The van der Waals surface area contributed by atoms with Crippen LogP contribution in [-0.2, 0) is 16.1 Å². The average molecular weight is 371 g/mol. The molecule has 2 aromatic carbocycles. The van der Waals surface area contributed by atoms with Crippen molar-refractivity contribution in [2.24, 2.45) is 0 Å². The molecule has 0 fully saturated rings. The number of rotatable bonds is 7. The first-order valence-corrected chi connectivity index (χ1v) is 8.32.